The topological polar surface area (TPSA) is 32.8 Å². The first kappa shape index (κ1) is 14.9. The van der Waals surface area contributed by atoms with Crippen LogP contribution in [0.2, 0.25) is 0 Å². The van der Waals surface area contributed by atoms with Crippen molar-refractivity contribution >= 4 is 5.91 Å². The molecule has 1 aliphatic rings. The van der Waals surface area contributed by atoms with Crippen LogP contribution in [0.1, 0.15) is 18.1 Å². The highest BCUT2D eigenvalue weighted by Gasteiger charge is 2.25. The Bertz CT molecular complexity index is 479. The van der Waals surface area contributed by atoms with Crippen LogP contribution in [0.3, 0.4) is 0 Å². The summed E-state index contributed by atoms with van der Waals surface area (Å²) in [5, 5.41) is 0. The highest BCUT2D eigenvalue weighted by molar-refractivity contribution is 5.81. The van der Waals surface area contributed by atoms with E-state index >= 15 is 0 Å². The highest BCUT2D eigenvalue weighted by Crippen LogP contribution is 2.21. The minimum Gasteiger partial charge on any atom is -0.481 e. The molecule has 0 aromatic heterocycles. The van der Waals surface area contributed by atoms with E-state index in [4.69, 9.17) is 4.74 Å². The quantitative estimate of drug-likeness (QED) is 0.844. The molecule has 110 valence electrons. The number of benzene rings is 1. The number of carbonyl (C=O) groups excluding carboxylic acids is 1. The summed E-state index contributed by atoms with van der Waals surface area (Å²) in [5.41, 5.74) is 2.21. The molecular weight excluding hydrogens is 252 g/mol. The lowest BCUT2D eigenvalue weighted by Crippen LogP contribution is -2.50. The Morgan fingerprint density at radius 3 is 2.50 bits per heavy atom. The molecule has 1 unspecified atom stereocenters. The summed E-state index contributed by atoms with van der Waals surface area (Å²) in [5.74, 6) is 0.888. The van der Waals surface area contributed by atoms with Gasteiger partial charge in [0, 0.05) is 26.2 Å². The molecule has 0 aliphatic carbocycles. The van der Waals surface area contributed by atoms with E-state index in [1.165, 1.54) is 0 Å². The SMILES string of the molecule is Cc1ccc(C)c(OC(C)C(=O)N2CCN(C)CC2)c1. The summed E-state index contributed by atoms with van der Waals surface area (Å²) in [6.07, 6.45) is -0.432. The summed E-state index contributed by atoms with van der Waals surface area (Å²) in [4.78, 5) is 16.5. The van der Waals surface area contributed by atoms with E-state index in [0.29, 0.717) is 0 Å². The van der Waals surface area contributed by atoms with Crippen molar-refractivity contribution in [2.24, 2.45) is 0 Å². The molecule has 2 rings (SSSR count). The van der Waals surface area contributed by atoms with Crippen molar-refractivity contribution in [2.75, 3.05) is 33.2 Å². The third-order valence-corrected chi connectivity index (χ3v) is 3.81. The van der Waals surface area contributed by atoms with Crippen molar-refractivity contribution in [3.8, 4) is 5.75 Å². The van der Waals surface area contributed by atoms with Crippen molar-refractivity contribution in [1.82, 2.24) is 9.80 Å². The van der Waals surface area contributed by atoms with Gasteiger partial charge in [-0.3, -0.25) is 4.79 Å². The Morgan fingerprint density at radius 1 is 1.20 bits per heavy atom. The van der Waals surface area contributed by atoms with E-state index in [2.05, 4.69) is 18.0 Å². The number of piperazine rings is 1. The first-order valence-electron chi connectivity index (χ1n) is 7.18. The second kappa shape index (κ2) is 6.27. The molecule has 0 saturated carbocycles. The van der Waals surface area contributed by atoms with Crippen LogP contribution in [0.25, 0.3) is 0 Å². The first-order chi connectivity index (χ1) is 9.47. The highest BCUT2D eigenvalue weighted by atomic mass is 16.5. The van der Waals surface area contributed by atoms with Gasteiger partial charge in [-0.15, -0.1) is 0 Å². The van der Waals surface area contributed by atoms with E-state index in [1.807, 2.05) is 37.8 Å². The van der Waals surface area contributed by atoms with Gasteiger partial charge in [0.1, 0.15) is 5.75 Å². The number of aryl methyl sites for hydroxylation is 2. The van der Waals surface area contributed by atoms with E-state index in [1.54, 1.807) is 0 Å². The molecule has 1 amide bonds. The molecule has 1 fully saturated rings. The molecule has 1 aromatic rings. The number of rotatable bonds is 3. The van der Waals surface area contributed by atoms with E-state index in [0.717, 1.165) is 43.1 Å². The third kappa shape index (κ3) is 3.51. The Balaban J connectivity index is 1.98. The minimum absolute atomic E-state index is 0.0824. The average molecular weight is 276 g/mol. The molecule has 1 saturated heterocycles. The van der Waals surface area contributed by atoms with Gasteiger partial charge in [0.25, 0.3) is 5.91 Å². The van der Waals surface area contributed by atoms with Gasteiger partial charge in [-0.1, -0.05) is 12.1 Å². The number of nitrogens with zero attached hydrogens (tertiary/aromatic N) is 2. The predicted molar refractivity (Wildman–Crippen MR) is 80.1 cm³/mol. The Morgan fingerprint density at radius 2 is 1.85 bits per heavy atom. The third-order valence-electron chi connectivity index (χ3n) is 3.81. The second-order valence-corrected chi connectivity index (χ2v) is 5.66. The van der Waals surface area contributed by atoms with Crippen LogP contribution in [0.15, 0.2) is 18.2 Å². The zero-order chi connectivity index (χ0) is 14.7. The van der Waals surface area contributed by atoms with Gasteiger partial charge in [0.05, 0.1) is 0 Å². The lowest BCUT2D eigenvalue weighted by atomic mass is 10.1. The van der Waals surface area contributed by atoms with E-state index < -0.39 is 6.10 Å². The predicted octanol–water partition coefficient (Wildman–Crippen LogP) is 1.84. The van der Waals surface area contributed by atoms with Gasteiger partial charge >= 0.3 is 0 Å². The number of likely N-dealkylation sites (N-methyl/N-ethyl adjacent to an activating group) is 1. The minimum atomic E-state index is -0.432. The van der Waals surface area contributed by atoms with Gasteiger partial charge in [0.15, 0.2) is 6.10 Å². The van der Waals surface area contributed by atoms with Gasteiger partial charge < -0.3 is 14.5 Å². The Kier molecular flexibility index (Phi) is 4.65. The molecular formula is C16H24N2O2. The van der Waals surface area contributed by atoms with Crippen molar-refractivity contribution in [1.29, 1.82) is 0 Å². The molecule has 20 heavy (non-hydrogen) atoms. The fraction of sp³-hybridized carbons (Fsp3) is 0.562. The summed E-state index contributed by atoms with van der Waals surface area (Å²) < 4.78 is 5.86. The fourth-order valence-electron chi connectivity index (χ4n) is 2.36. The standard InChI is InChI=1S/C16H24N2O2/c1-12-5-6-13(2)15(11-12)20-14(3)16(19)18-9-7-17(4)8-10-18/h5-6,11,14H,7-10H2,1-4H3. The molecule has 1 atom stereocenters. The van der Waals surface area contributed by atoms with Gasteiger partial charge in [-0.25, -0.2) is 0 Å². The lowest BCUT2D eigenvalue weighted by molar-refractivity contribution is -0.139. The monoisotopic (exact) mass is 276 g/mol. The average Bonchev–Trinajstić information content (AvgIpc) is 2.43. The Hall–Kier alpha value is -1.55. The zero-order valence-corrected chi connectivity index (χ0v) is 12.8. The van der Waals surface area contributed by atoms with Crippen molar-refractivity contribution < 1.29 is 9.53 Å². The van der Waals surface area contributed by atoms with Crippen LogP contribution in [0, 0.1) is 13.8 Å². The summed E-state index contributed by atoms with van der Waals surface area (Å²) in [7, 11) is 2.08. The molecule has 0 spiro atoms. The maximum absolute atomic E-state index is 12.4. The number of hydrogen-bond acceptors (Lipinski definition) is 3. The van der Waals surface area contributed by atoms with Crippen molar-refractivity contribution in [3.05, 3.63) is 29.3 Å². The van der Waals surface area contributed by atoms with Gasteiger partial charge in [-0.05, 0) is 45.0 Å². The zero-order valence-electron chi connectivity index (χ0n) is 12.8. The molecule has 1 aromatic carbocycles. The Labute approximate surface area is 121 Å². The van der Waals surface area contributed by atoms with Crippen LogP contribution in [-0.2, 0) is 4.79 Å². The van der Waals surface area contributed by atoms with Crippen LogP contribution >= 0.6 is 0 Å². The normalized spacial score (nSPS) is 17.9. The molecule has 1 heterocycles. The summed E-state index contributed by atoms with van der Waals surface area (Å²) in [6, 6.07) is 6.07. The van der Waals surface area contributed by atoms with Crippen LogP contribution in [0.4, 0.5) is 0 Å². The lowest BCUT2D eigenvalue weighted by Gasteiger charge is -2.34. The largest absolute Gasteiger partial charge is 0.481 e. The second-order valence-electron chi connectivity index (χ2n) is 5.66. The molecule has 4 heteroatoms. The summed E-state index contributed by atoms with van der Waals surface area (Å²) in [6.45, 7) is 9.30. The molecule has 0 N–H and O–H groups in total. The van der Waals surface area contributed by atoms with Crippen LogP contribution < -0.4 is 4.74 Å². The van der Waals surface area contributed by atoms with Gasteiger partial charge in [-0.2, -0.15) is 0 Å². The number of ether oxygens (including phenoxy) is 1. The summed E-state index contributed by atoms with van der Waals surface area (Å²) >= 11 is 0. The number of amides is 1. The van der Waals surface area contributed by atoms with Crippen molar-refractivity contribution in [3.63, 3.8) is 0 Å². The maximum Gasteiger partial charge on any atom is 0.263 e. The molecule has 0 radical (unpaired) electrons. The number of hydrogen-bond donors (Lipinski definition) is 0. The van der Waals surface area contributed by atoms with Crippen LogP contribution in [0.5, 0.6) is 5.75 Å². The smallest absolute Gasteiger partial charge is 0.263 e. The van der Waals surface area contributed by atoms with E-state index in [9.17, 15) is 4.79 Å². The number of carbonyl (C=O) groups is 1. The first-order valence-corrected chi connectivity index (χ1v) is 7.18. The molecule has 1 aliphatic heterocycles. The fourth-order valence-corrected chi connectivity index (χ4v) is 2.36. The van der Waals surface area contributed by atoms with Crippen molar-refractivity contribution in [2.45, 2.75) is 26.9 Å². The molecule has 0 bridgehead atoms. The van der Waals surface area contributed by atoms with Gasteiger partial charge in [0.2, 0.25) is 0 Å². The van der Waals surface area contributed by atoms with Crippen LogP contribution in [-0.4, -0.2) is 55.0 Å². The molecule has 4 nitrogen and oxygen atoms in total. The van der Waals surface area contributed by atoms with E-state index in [-0.39, 0.29) is 5.91 Å². The maximum atomic E-state index is 12.4.